The molecular weight excluding hydrogens is 332 g/mol. The summed E-state index contributed by atoms with van der Waals surface area (Å²) in [5.74, 6) is -0.0228. The first-order valence-electron chi connectivity index (χ1n) is 8.75. The van der Waals surface area contributed by atoms with Gasteiger partial charge in [-0.1, -0.05) is 18.2 Å². The molecule has 1 aromatic rings. The number of amides is 2. The van der Waals surface area contributed by atoms with Crippen molar-refractivity contribution in [3.05, 3.63) is 36.2 Å². The SMILES string of the molecule is CN(CCNC(=O)CC=Cc1cccnc1)CCNC(=O)OC(C)(C)C. The highest BCUT2D eigenvalue weighted by Gasteiger charge is 2.15. The first-order valence-corrected chi connectivity index (χ1v) is 8.75. The van der Waals surface area contributed by atoms with Crippen molar-refractivity contribution in [3.8, 4) is 0 Å². The van der Waals surface area contributed by atoms with E-state index >= 15 is 0 Å². The largest absolute Gasteiger partial charge is 0.444 e. The lowest BCUT2D eigenvalue weighted by Crippen LogP contribution is -2.39. The average molecular weight is 362 g/mol. The molecular formula is C19H30N4O3. The van der Waals surface area contributed by atoms with Crippen LogP contribution in [-0.2, 0) is 9.53 Å². The average Bonchev–Trinajstić information content (AvgIpc) is 2.54. The Morgan fingerprint density at radius 1 is 1.23 bits per heavy atom. The molecule has 144 valence electrons. The Morgan fingerprint density at radius 2 is 1.92 bits per heavy atom. The molecule has 0 aliphatic heterocycles. The predicted octanol–water partition coefficient (Wildman–Crippen LogP) is 2.06. The maximum absolute atomic E-state index is 11.8. The zero-order valence-electron chi connectivity index (χ0n) is 16.1. The molecule has 1 rings (SSSR count). The number of aromatic nitrogens is 1. The number of carbonyl (C=O) groups excluding carboxylic acids is 2. The molecule has 1 heterocycles. The molecule has 2 N–H and O–H groups in total. The van der Waals surface area contributed by atoms with Crippen LogP contribution in [0.2, 0.25) is 0 Å². The van der Waals surface area contributed by atoms with Gasteiger partial charge in [0, 0.05) is 45.0 Å². The van der Waals surface area contributed by atoms with Gasteiger partial charge in [-0.25, -0.2) is 4.79 Å². The number of hydrogen-bond acceptors (Lipinski definition) is 5. The Balaban J connectivity index is 2.10. The number of pyridine rings is 1. The van der Waals surface area contributed by atoms with Gasteiger partial charge in [0.25, 0.3) is 0 Å². The van der Waals surface area contributed by atoms with E-state index in [1.165, 1.54) is 0 Å². The third-order valence-corrected chi connectivity index (χ3v) is 3.28. The summed E-state index contributed by atoms with van der Waals surface area (Å²) in [4.78, 5) is 29.4. The number of carbonyl (C=O) groups is 2. The molecule has 0 saturated carbocycles. The summed E-state index contributed by atoms with van der Waals surface area (Å²) in [6, 6.07) is 3.79. The van der Waals surface area contributed by atoms with Crippen molar-refractivity contribution in [1.82, 2.24) is 20.5 Å². The van der Waals surface area contributed by atoms with Crippen LogP contribution >= 0.6 is 0 Å². The highest BCUT2D eigenvalue weighted by molar-refractivity contribution is 5.78. The third kappa shape index (κ3) is 11.2. The van der Waals surface area contributed by atoms with E-state index in [-0.39, 0.29) is 5.91 Å². The van der Waals surface area contributed by atoms with Crippen LogP contribution in [0.4, 0.5) is 4.79 Å². The zero-order chi connectivity index (χ0) is 19.4. The third-order valence-electron chi connectivity index (χ3n) is 3.28. The van der Waals surface area contributed by atoms with Crippen molar-refractivity contribution in [2.45, 2.75) is 32.8 Å². The van der Waals surface area contributed by atoms with E-state index in [2.05, 4.69) is 15.6 Å². The molecule has 7 heteroatoms. The quantitative estimate of drug-likeness (QED) is 0.702. The summed E-state index contributed by atoms with van der Waals surface area (Å²) in [5, 5.41) is 5.58. The second-order valence-electron chi connectivity index (χ2n) is 6.97. The second-order valence-corrected chi connectivity index (χ2v) is 6.97. The lowest BCUT2D eigenvalue weighted by atomic mass is 10.2. The molecule has 0 unspecified atom stereocenters. The van der Waals surface area contributed by atoms with Crippen LogP contribution in [0.25, 0.3) is 6.08 Å². The van der Waals surface area contributed by atoms with Crippen molar-refractivity contribution in [2.24, 2.45) is 0 Å². The molecule has 0 spiro atoms. The van der Waals surface area contributed by atoms with Crippen LogP contribution in [0, 0.1) is 0 Å². The second kappa shape index (κ2) is 11.3. The van der Waals surface area contributed by atoms with E-state index in [0.717, 1.165) is 5.56 Å². The summed E-state index contributed by atoms with van der Waals surface area (Å²) in [6.45, 7) is 7.91. The fraction of sp³-hybridized carbons (Fsp3) is 0.526. The van der Waals surface area contributed by atoms with Gasteiger partial charge in [-0.3, -0.25) is 9.78 Å². The minimum atomic E-state index is -0.494. The standard InChI is InChI=1S/C19H30N4O3/c1-19(2,3)26-18(25)22-12-14-23(4)13-11-21-17(24)9-5-7-16-8-6-10-20-15-16/h5-8,10,15H,9,11-14H2,1-4H3,(H,21,24)(H,22,25). The van der Waals surface area contributed by atoms with Crippen molar-refractivity contribution in [1.29, 1.82) is 0 Å². The van der Waals surface area contributed by atoms with Crippen LogP contribution in [0.3, 0.4) is 0 Å². The van der Waals surface area contributed by atoms with E-state index in [4.69, 9.17) is 4.74 Å². The number of rotatable bonds is 9. The molecule has 7 nitrogen and oxygen atoms in total. The topological polar surface area (TPSA) is 83.6 Å². The summed E-state index contributed by atoms with van der Waals surface area (Å²) >= 11 is 0. The van der Waals surface area contributed by atoms with Crippen molar-refractivity contribution < 1.29 is 14.3 Å². The molecule has 0 saturated heterocycles. The fourth-order valence-electron chi connectivity index (χ4n) is 2.01. The Bertz CT molecular complexity index is 582. The van der Waals surface area contributed by atoms with Gasteiger partial charge in [0.15, 0.2) is 0 Å². The summed E-state index contributed by atoms with van der Waals surface area (Å²) < 4.78 is 5.17. The first kappa shape index (κ1) is 21.6. The highest BCUT2D eigenvalue weighted by atomic mass is 16.6. The van der Waals surface area contributed by atoms with Crippen molar-refractivity contribution in [3.63, 3.8) is 0 Å². The summed E-state index contributed by atoms with van der Waals surface area (Å²) in [5.41, 5.74) is 0.476. The van der Waals surface area contributed by atoms with E-state index < -0.39 is 11.7 Å². The highest BCUT2D eigenvalue weighted by Crippen LogP contribution is 2.06. The van der Waals surface area contributed by atoms with Gasteiger partial charge >= 0.3 is 6.09 Å². The van der Waals surface area contributed by atoms with Gasteiger partial charge in [0.05, 0.1) is 0 Å². The lowest BCUT2D eigenvalue weighted by molar-refractivity contribution is -0.120. The molecule has 0 bridgehead atoms. The number of nitrogens with zero attached hydrogens (tertiary/aromatic N) is 2. The number of likely N-dealkylation sites (N-methyl/N-ethyl adjacent to an activating group) is 1. The van der Waals surface area contributed by atoms with Crippen LogP contribution in [-0.4, -0.2) is 60.7 Å². The minimum Gasteiger partial charge on any atom is -0.444 e. The fourth-order valence-corrected chi connectivity index (χ4v) is 2.01. The van der Waals surface area contributed by atoms with E-state index in [9.17, 15) is 9.59 Å². The normalized spacial score (nSPS) is 11.6. The number of ether oxygens (including phenoxy) is 1. The predicted molar refractivity (Wildman–Crippen MR) is 103 cm³/mol. The molecule has 1 aromatic heterocycles. The number of nitrogens with one attached hydrogen (secondary N) is 2. The van der Waals surface area contributed by atoms with Gasteiger partial charge in [-0.15, -0.1) is 0 Å². The Morgan fingerprint density at radius 3 is 2.54 bits per heavy atom. The minimum absolute atomic E-state index is 0.0228. The van der Waals surface area contributed by atoms with Crippen LogP contribution < -0.4 is 10.6 Å². The van der Waals surface area contributed by atoms with E-state index in [1.807, 2.05) is 57.0 Å². The Kier molecular flexibility index (Phi) is 9.36. The van der Waals surface area contributed by atoms with E-state index in [0.29, 0.717) is 32.6 Å². The van der Waals surface area contributed by atoms with Gasteiger partial charge in [0.1, 0.15) is 5.60 Å². The van der Waals surface area contributed by atoms with Crippen molar-refractivity contribution in [2.75, 3.05) is 33.2 Å². The maximum Gasteiger partial charge on any atom is 0.407 e. The van der Waals surface area contributed by atoms with Gasteiger partial charge in [-0.2, -0.15) is 0 Å². The lowest BCUT2D eigenvalue weighted by Gasteiger charge is -2.21. The smallest absolute Gasteiger partial charge is 0.407 e. The molecule has 0 fully saturated rings. The number of hydrogen-bond donors (Lipinski definition) is 2. The zero-order valence-corrected chi connectivity index (χ0v) is 16.1. The Hall–Kier alpha value is -2.41. The molecule has 0 radical (unpaired) electrons. The van der Waals surface area contributed by atoms with Crippen LogP contribution in [0.5, 0.6) is 0 Å². The van der Waals surface area contributed by atoms with Gasteiger partial charge in [-0.05, 0) is 39.4 Å². The van der Waals surface area contributed by atoms with Gasteiger partial charge < -0.3 is 20.3 Å². The Labute approximate surface area is 155 Å². The van der Waals surface area contributed by atoms with Gasteiger partial charge in [0.2, 0.25) is 5.91 Å². The van der Waals surface area contributed by atoms with E-state index in [1.54, 1.807) is 12.4 Å². The van der Waals surface area contributed by atoms with Crippen LogP contribution in [0.15, 0.2) is 30.6 Å². The molecule has 0 aliphatic carbocycles. The monoisotopic (exact) mass is 362 g/mol. The molecule has 26 heavy (non-hydrogen) atoms. The molecule has 0 aliphatic rings. The molecule has 2 amide bonds. The number of alkyl carbamates (subject to hydrolysis) is 1. The molecule has 0 aromatic carbocycles. The van der Waals surface area contributed by atoms with Crippen LogP contribution in [0.1, 0.15) is 32.8 Å². The molecule has 0 atom stereocenters. The first-order chi connectivity index (χ1) is 12.3. The summed E-state index contributed by atoms with van der Waals surface area (Å²) in [7, 11) is 1.94. The van der Waals surface area contributed by atoms with Crippen molar-refractivity contribution >= 4 is 18.1 Å². The summed E-state index contributed by atoms with van der Waals surface area (Å²) in [6.07, 6.45) is 7.07. The maximum atomic E-state index is 11.8.